The Kier molecular flexibility index (Phi) is 3.52. The Balaban J connectivity index is 1.53. The maximum Gasteiger partial charge on any atom is -0.0326 e. The first-order valence-corrected chi connectivity index (χ1v) is 6.79. The summed E-state index contributed by atoms with van der Waals surface area (Å²) in [4.78, 5) is 0. The second-order valence-corrected chi connectivity index (χ2v) is 6.06. The van der Waals surface area contributed by atoms with Crippen LogP contribution in [0.1, 0.15) is 77.6 Å². The predicted molar refractivity (Wildman–Crippen MR) is 62.4 cm³/mol. The number of unbranched alkanes of at least 4 members (excludes halogenated alkanes) is 1. The summed E-state index contributed by atoms with van der Waals surface area (Å²) in [7, 11) is 0. The molecule has 0 heteroatoms. The predicted octanol–water partition coefficient (Wildman–Crippen LogP) is 4.93. The van der Waals surface area contributed by atoms with Crippen LogP contribution < -0.4 is 0 Å². The molecule has 0 saturated heterocycles. The molecule has 82 valence electrons. The lowest BCUT2D eigenvalue weighted by molar-refractivity contribution is 0.261. The van der Waals surface area contributed by atoms with E-state index in [4.69, 9.17) is 0 Å². The third-order valence-corrected chi connectivity index (χ3v) is 4.68. The maximum atomic E-state index is 2.52. The normalized spacial score (nSPS) is 26.4. The summed E-state index contributed by atoms with van der Waals surface area (Å²) in [5.41, 5.74) is 0.750. The smallest absolute Gasteiger partial charge is 0.0326 e. The van der Waals surface area contributed by atoms with Gasteiger partial charge in [-0.25, -0.2) is 0 Å². The van der Waals surface area contributed by atoms with Crippen LogP contribution >= 0.6 is 0 Å². The topological polar surface area (TPSA) is 0 Å². The summed E-state index contributed by atoms with van der Waals surface area (Å²) in [5, 5.41) is 0. The molecular formula is C14H26. The fourth-order valence-electron chi connectivity index (χ4n) is 3.24. The van der Waals surface area contributed by atoms with Crippen LogP contribution in [0.4, 0.5) is 0 Å². The van der Waals surface area contributed by atoms with Crippen molar-refractivity contribution in [2.75, 3.05) is 0 Å². The van der Waals surface area contributed by atoms with Crippen LogP contribution in [-0.2, 0) is 0 Å². The van der Waals surface area contributed by atoms with E-state index in [0.717, 1.165) is 11.3 Å². The minimum Gasteiger partial charge on any atom is -0.0596 e. The van der Waals surface area contributed by atoms with Crippen molar-refractivity contribution >= 4 is 0 Å². The summed E-state index contributed by atoms with van der Waals surface area (Å²) in [6.45, 7) is 2.52. The van der Waals surface area contributed by atoms with Gasteiger partial charge in [-0.3, -0.25) is 0 Å². The summed E-state index contributed by atoms with van der Waals surface area (Å²) in [5.74, 6) is 1.13. The van der Waals surface area contributed by atoms with Gasteiger partial charge in [-0.1, -0.05) is 58.3 Å². The van der Waals surface area contributed by atoms with E-state index in [2.05, 4.69) is 6.92 Å². The molecule has 0 spiro atoms. The standard InChI is InChI=1S/C14H26/c1-14(11-4-5-12-14)10-3-2-7-13-8-6-9-13/h13H,2-12H2,1H3. The van der Waals surface area contributed by atoms with Gasteiger partial charge in [0.1, 0.15) is 0 Å². The molecule has 0 atom stereocenters. The van der Waals surface area contributed by atoms with Crippen molar-refractivity contribution in [1.29, 1.82) is 0 Å². The molecule has 0 radical (unpaired) electrons. The third kappa shape index (κ3) is 2.74. The molecule has 0 amide bonds. The minimum atomic E-state index is 0.750. The lowest BCUT2D eigenvalue weighted by Crippen LogP contribution is -2.12. The van der Waals surface area contributed by atoms with Crippen LogP contribution in [0.2, 0.25) is 0 Å². The second-order valence-electron chi connectivity index (χ2n) is 6.06. The highest BCUT2D eigenvalue weighted by Gasteiger charge is 2.27. The molecular weight excluding hydrogens is 168 g/mol. The van der Waals surface area contributed by atoms with Crippen LogP contribution in [0.3, 0.4) is 0 Å². The quantitative estimate of drug-likeness (QED) is 0.544. The molecule has 0 N–H and O–H groups in total. The highest BCUT2D eigenvalue weighted by molar-refractivity contribution is 4.80. The van der Waals surface area contributed by atoms with E-state index >= 15 is 0 Å². The van der Waals surface area contributed by atoms with Crippen molar-refractivity contribution in [1.82, 2.24) is 0 Å². The zero-order chi connectivity index (χ0) is 9.86. The average Bonchev–Trinajstić information content (AvgIpc) is 2.49. The van der Waals surface area contributed by atoms with Gasteiger partial charge in [-0.05, 0) is 30.6 Å². The summed E-state index contributed by atoms with van der Waals surface area (Å²) in [6.07, 6.45) is 16.7. The van der Waals surface area contributed by atoms with Gasteiger partial charge in [-0.2, -0.15) is 0 Å². The highest BCUT2D eigenvalue weighted by Crippen LogP contribution is 2.42. The number of hydrogen-bond acceptors (Lipinski definition) is 0. The van der Waals surface area contributed by atoms with Gasteiger partial charge in [0, 0.05) is 0 Å². The molecule has 0 aromatic carbocycles. The van der Waals surface area contributed by atoms with E-state index < -0.39 is 0 Å². The Morgan fingerprint density at radius 3 is 2.29 bits per heavy atom. The van der Waals surface area contributed by atoms with Crippen LogP contribution in [-0.4, -0.2) is 0 Å². The van der Waals surface area contributed by atoms with Gasteiger partial charge in [0.2, 0.25) is 0 Å². The first kappa shape index (κ1) is 10.5. The largest absolute Gasteiger partial charge is 0.0596 e. The van der Waals surface area contributed by atoms with Gasteiger partial charge < -0.3 is 0 Å². The molecule has 0 aromatic heterocycles. The fourth-order valence-corrected chi connectivity index (χ4v) is 3.24. The van der Waals surface area contributed by atoms with Crippen molar-refractivity contribution < 1.29 is 0 Å². The van der Waals surface area contributed by atoms with Crippen LogP contribution in [0.5, 0.6) is 0 Å². The van der Waals surface area contributed by atoms with E-state index in [1.165, 1.54) is 70.6 Å². The molecule has 0 aliphatic heterocycles. The monoisotopic (exact) mass is 194 g/mol. The van der Waals surface area contributed by atoms with E-state index in [0.29, 0.717) is 0 Å². The second kappa shape index (κ2) is 4.68. The molecule has 0 heterocycles. The van der Waals surface area contributed by atoms with Gasteiger partial charge in [0.25, 0.3) is 0 Å². The molecule has 2 aliphatic rings. The van der Waals surface area contributed by atoms with Gasteiger partial charge in [0.15, 0.2) is 0 Å². The van der Waals surface area contributed by atoms with E-state index in [1.807, 2.05) is 0 Å². The summed E-state index contributed by atoms with van der Waals surface area (Å²) in [6, 6.07) is 0. The number of rotatable bonds is 5. The lowest BCUT2D eigenvalue weighted by Gasteiger charge is -2.27. The Labute approximate surface area is 89.5 Å². The van der Waals surface area contributed by atoms with Crippen molar-refractivity contribution in [2.24, 2.45) is 11.3 Å². The average molecular weight is 194 g/mol. The molecule has 2 rings (SSSR count). The molecule has 14 heavy (non-hydrogen) atoms. The maximum absolute atomic E-state index is 2.52. The first-order valence-electron chi connectivity index (χ1n) is 6.79. The van der Waals surface area contributed by atoms with Crippen molar-refractivity contribution in [3.8, 4) is 0 Å². The lowest BCUT2D eigenvalue weighted by atomic mass is 9.79. The van der Waals surface area contributed by atoms with Crippen LogP contribution in [0, 0.1) is 11.3 Å². The van der Waals surface area contributed by atoms with Crippen molar-refractivity contribution in [2.45, 2.75) is 77.6 Å². The molecule has 0 unspecified atom stereocenters. The molecule has 2 aliphatic carbocycles. The molecule has 2 fully saturated rings. The zero-order valence-corrected chi connectivity index (χ0v) is 9.86. The SMILES string of the molecule is CC1(CCCCC2CCC2)CCCC1. The summed E-state index contributed by atoms with van der Waals surface area (Å²) >= 11 is 0. The highest BCUT2D eigenvalue weighted by atomic mass is 14.3. The Morgan fingerprint density at radius 2 is 1.71 bits per heavy atom. The van der Waals surface area contributed by atoms with Gasteiger partial charge >= 0.3 is 0 Å². The first-order chi connectivity index (χ1) is 6.79. The Hall–Kier alpha value is 0. The molecule has 0 bridgehead atoms. The van der Waals surface area contributed by atoms with E-state index in [1.54, 1.807) is 0 Å². The number of hydrogen-bond donors (Lipinski definition) is 0. The van der Waals surface area contributed by atoms with Crippen molar-refractivity contribution in [3.05, 3.63) is 0 Å². The third-order valence-electron chi connectivity index (χ3n) is 4.68. The van der Waals surface area contributed by atoms with E-state index in [-0.39, 0.29) is 0 Å². The fraction of sp³-hybridized carbons (Fsp3) is 1.00. The van der Waals surface area contributed by atoms with E-state index in [9.17, 15) is 0 Å². The minimum absolute atomic E-state index is 0.750. The van der Waals surface area contributed by atoms with Crippen molar-refractivity contribution in [3.63, 3.8) is 0 Å². The Bertz CT molecular complexity index is 161. The van der Waals surface area contributed by atoms with Crippen LogP contribution in [0.15, 0.2) is 0 Å². The molecule has 0 aromatic rings. The van der Waals surface area contributed by atoms with Gasteiger partial charge in [0.05, 0.1) is 0 Å². The van der Waals surface area contributed by atoms with Gasteiger partial charge in [-0.15, -0.1) is 0 Å². The Morgan fingerprint density at radius 1 is 1.00 bits per heavy atom. The van der Waals surface area contributed by atoms with Crippen LogP contribution in [0.25, 0.3) is 0 Å². The molecule has 2 saturated carbocycles. The summed E-state index contributed by atoms with van der Waals surface area (Å²) < 4.78 is 0. The molecule has 0 nitrogen and oxygen atoms in total. The zero-order valence-electron chi connectivity index (χ0n) is 9.86.